The standard InChI is InChI=1S/C12H15N.C11H14O2.C5H11NS/c1-4-11-8-10-7-9(2)5-6-12(10)13(11)3;1-4-8-5-9(7(2)3)11(13)6-10(8)12;1-4(2)5(7)6-3/h5-8H,4H2,1-3H3;5-6,12-13H,2,4H2,1,3H3;4H,1-3H3,(H,6,7). The largest absolute Gasteiger partial charge is 0.508 e. The molecule has 0 radical (unpaired) electrons. The molecule has 3 aromatic rings. The summed E-state index contributed by atoms with van der Waals surface area (Å²) in [5.74, 6) is 0.715. The van der Waals surface area contributed by atoms with Gasteiger partial charge in [0.1, 0.15) is 11.5 Å². The summed E-state index contributed by atoms with van der Waals surface area (Å²) in [6.07, 6.45) is 1.84. The molecule has 3 N–H and O–H groups in total. The number of fused-ring (bicyclic) bond motifs is 1. The molecule has 0 aliphatic carbocycles. The average molecular weight is 469 g/mol. The minimum Gasteiger partial charge on any atom is -0.508 e. The van der Waals surface area contributed by atoms with Crippen molar-refractivity contribution in [3.8, 4) is 11.5 Å². The Morgan fingerprint density at radius 1 is 1.06 bits per heavy atom. The summed E-state index contributed by atoms with van der Waals surface area (Å²) < 4.78 is 2.27. The number of hydrogen-bond acceptors (Lipinski definition) is 3. The number of benzene rings is 2. The van der Waals surface area contributed by atoms with E-state index in [9.17, 15) is 10.2 Å². The highest BCUT2D eigenvalue weighted by molar-refractivity contribution is 7.80. The molecule has 0 aliphatic heterocycles. The molecular weight excluding hydrogens is 428 g/mol. The van der Waals surface area contributed by atoms with Gasteiger partial charge in [-0.25, -0.2) is 0 Å². The van der Waals surface area contributed by atoms with Crippen molar-refractivity contribution in [3.63, 3.8) is 0 Å². The summed E-state index contributed by atoms with van der Waals surface area (Å²) in [5, 5.41) is 23.1. The third-order valence-corrected chi connectivity index (χ3v) is 6.14. The van der Waals surface area contributed by atoms with E-state index in [2.05, 4.69) is 75.5 Å². The van der Waals surface area contributed by atoms with Crippen LogP contribution in [-0.4, -0.2) is 26.8 Å². The maximum atomic E-state index is 9.46. The quantitative estimate of drug-likeness (QED) is 0.363. The van der Waals surface area contributed by atoms with E-state index in [-0.39, 0.29) is 11.5 Å². The minimum atomic E-state index is 0.0854. The normalized spacial score (nSPS) is 10.2. The summed E-state index contributed by atoms with van der Waals surface area (Å²) in [6.45, 7) is 16.0. The Hall–Kier alpha value is -2.79. The predicted octanol–water partition coefficient (Wildman–Crippen LogP) is 6.93. The molecule has 1 heterocycles. The van der Waals surface area contributed by atoms with E-state index in [1.54, 1.807) is 6.07 Å². The first-order valence-electron chi connectivity index (χ1n) is 11.4. The van der Waals surface area contributed by atoms with E-state index in [1.807, 2.05) is 20.9 Å². The van der Waals surface area contributed by atoms with E-state index < -0.39 is 0 Å². The van der Waals surface area contributed by atoms with Crippen LogP contribution in [-0.2, 0) is 19.9 Å². The lowest BCUT2D eigenvalue weighted by molar-refractivity contribution is 0.445. The fourth-order valence-corrected chi connectivity index (χ4v) is 3.40. The van der Waals surface area contributed by atoms with E-state index in [0.29, 0.717) is 11.5 Å². The first-order chi connectivity index (χ1) is 15.5. The Bertz CT molecular complexity index is 1100. The third-order valence-electron chi connectivity index (χ3n) is 5.47. The van der Waals surface area contributed by atoms with Crippen LogP contribution in [0.3, 0.4) is 0 Å². The van der Waals surface area contributed by atoms with Gasteiger partial charge in [-0.2, -0.15) is 0 Å². The van der Waals surface area contributed by atoms with E-state index in [0.717, 1.165) is 29.0 Å². The van der Waals surface area contributed by atoms with Gasteiger partial charge in [0.2, 0.25) is 0 Å². The number of hydrogen-bond donors (Lipinski definition) is 3. The maximum Gasteiger partial charge on any atom is 0.126 e. The highest BCUT2D eigenvalue weighted by Gasteiger charge is 2.07. The van der Waals surface area contributed by atoms with Crippen molar-refractivity contribution >= 4 is 33.7 Å². The summed E-state index contributed by atoms with van der Waals surface area (Å²) in [6, 6.07) is 12.0. The number of allylic oxidation sites excluding steroid dienone is 1. The van der Waals surface area contributed by atoms with Crippen molar-refractivity contribution < 1.29 is 10.2 Å². The number of phenols is 2. The molecule has 0 amide bonds. The molecule has 0 saturated heterocycles. The molecule has 0 bridgehead atoms. The smallest absolute Gasteiger partial charge is 0.126 e. The van der Waals surface area contributed by atoms with Crippen molar-refractivity contribution in [2.45, 2.75) is 54.4 Å². The zero-order valence-electron chi connectivity index (χ0n) is 21.4. The second-order valence-electron chi connectivity index (χ2n) is 8.51. The summed E-state index contributed by atoms with van der Waals surface area (Å²) in [5.41, 5.74) is 6.40. The summed E-state index contributed by atoms with van der Waals surface area (Å²) >= 11 is 4.87. The Morgan fingerprint density at radius 3 is 2.15 bits per heavy atom. The number of aromatic nitrogens is 1. The van der Waals surface area contributed by atoms with Gasteiger partial charge in [-0.15, -0.1) is 0 Å². The lowest BCUT2D eigenvalue weighted by Gasteiger charge is -2.08. The van der Waals surface area contributed by atoms with Gasteiger partial charge >= 0.3 is 0 Å². The van der Waals surface area contributed by atoms with Crippen LogP contribution in [0.4, 0.5) is 0 Å². The zero-order valence-corrected chi connectivity index (χ0v) is 22.2. The maximum absolute atomic E-state index is 9.46. The molecule has 1 aromatic heterocycles. The molecule has 3 rings (SSSR count). The Labute approximate surface area is 205 Å². The number of phenolic OH excluding ortho intramolecular Hbond substituents is 2. The van der Waals surface area contributed by atoms with Gasteiger partial charge in [-0.1, -0.05) is 58.1 Å². The van der Waals surface area contributed by atoms with Crippen molar-refractivity contribution in [1.29, 1.82) is 0 Å². The number of thiocarbonyl (C=S) groups is 1. The summed E-state index contributed by atoms with van der Waals surface area (Å²) in [7, 11) is 3.98. The van der Waals surface area contributed by atoms with Crippen molar-refractivity contribution in [1.82, 2.24) is 9.88 Å². The van der Waals surface area contributed by atoms with E-state index in [4.69, 9.17) is 12.2 Å². The number of rotatable bonds is 4. The molecule has 33 heavy (non-hydrogen) atoms. The number of aromatic hydroxyl groups is 2. The highest BCUT2D eigenvalue weighted by Crippen LogP contribution is 2.31. The first kappa shape index (κ1) is 28.2. The molecule has 0 fully saturated rings. The van der Waals surface area contributed by atoms with Gasteiger partial charge in [0, 0.05) is 48.2 Å². The molecule has 0 aliphatic rings. The van der Waals surface area contributed by atoms with Crippen LogP contribution in [0.1, 0.15) is 57.0 Å². The summed E-state index contributed by atoms with van der Waals surface area (Å²) in [4.78, 5) is 0.931. The van der Waals surface area contributed by atoms with E-state index >= 15 is 0 Å². The molecule has 0 spiro atoms. The van der Waals surface area contributed by atoms with Crippen LogP contribution in [0.2, 0.25) is 0 Å². The topological polar surface area (TPSA) is 57.4 Å². The number of nitrogens with one attached hydrogen (secondary N) is 1. The zero-order chi connectivity index (χ0) is 25.3. The van der Waals surface area contributed by atoms with Crippen LogP contribution in [0.25, 0.3) is 16.5 Å². The average Bonchev–Trinajstić information content (AvgIpc) is 3.08. The number of aryl methyl sites for hydroxylation is 4. The van der Waals surface area contributed by atoms with Gasteiger partial charge < -0.3 is 20.1 Å². The highest BCUT2D eigenvalue weighted by atomic mass is 32.1. The lowest BCUT2D eigenvalue weighted by Crippen LogP contribution is -2.20. The lowest BCUT2D eigenvalue weighted by atomic mass is 10.0. The van der Waals surface area contributed by atoms with Crippen molar-refractivity contribution in [3.05, 3.63) is 65.4 Å². The van der Waals surface area contributed by atoms with Gasteiger partial charge in [0.05, 0.1) is 4.99 Å². The van der Waals surface area contributed by atoms with Gasteiger partial charge in [0.25, 0.3) is 0 Å². The Kier molecular flexibility index (Phi) is 11.2. The molecule has 4 nitrogen and oxygen atoms in total. The molecule has 0 saturated carbocycles. The predicted molar refractivity (Wildman–Crippen MR) is 147 cm³/mol. The monoisotopic (exact) mass is 468 g/mol. The van der Waals surface area contributed by atoms with Gasteiger partial charge in [-0.05, 0) is 62.1 Å². The Morgan fingerprint density at radius 2 is 1.70 bits per heavy atom. The molecular formula is C28H40N2O2S. The van der Waals surface area contributed by atoms with Crippen LogP contribution >= 0.6 is 12.2 Å². The third kappa shape index (κ3) is 7.93. The van der Waals surface area contributed by atoms with Gasteiger partial charge in [0.15, 0.2) is 0 Å². The van der Waals surface area contributed by atoms with Gasteiger partial charge in [-0.3, -0.25) is 0 Å². The van der Waals surface area contributed by atoms with E-state index in [1.165, 1.54) is 28.2 Å². The second-order valence-corrected chi connectivity index (χ2v) is 8.95. The van der Waals surface area contributed by atoms with Crippen LogP contribution in [0, 0.1) is 12.8 Å². The Balaban J connectivity index is 0.000000261. The van der Waals surface area contributed by atoms with Crippen LogP contribution in [0.5, 0.6) is 11.5 Å². The minimum absolute atomic E-state index is 0.0854. The fraction of sp³-hybridized carbons (Fsp3) is 0.393. The molecule has 180 valence electrons. The van der Waals surface area contributed by atoms with Crippen LogP contribution < -0.4 is 5.32 Å². The fourth-order valence-electron chi connectivity index (χ4n) is 3.40. The SMILES string of the molecule is C=C(C)c1cc(CC)c(O)cc1O.CCc1cc2cc(C)ccc2n1C.CNC(=S)C(C)C. The molecule has 0 atom stereocenters. The van der Waals surface area contributed by atoms with Crippen molar-refractivity contribution in [2.24, 2.45) is 13.0 Å². The molecule has 2 aromatic carbocycles. The molecule has 0 unspecified atom stereocenters. The molecule has 5 heteroatoms. The van der Waals surface area contributed by atoms with Crippen molar-refractivity contribution in [2.75, 3.05) is 7.05 Å². The first-order valence-corrected chi connectivity index (χ1v) is 11.8. The van der Waals surface area contributed by atoms with Crippen LogP contribution in [0.15, 0.2) is 43.0 Å². The second kappa shape index (κ2) is 13.0. The number of nitrogens with zero attached hydrogens (tertiary/aromatic N) is 1.